The van der Waals surface area contributed by atoms with Crippen molar-refractivity contribution < 1.29 is 9.59 Å². The maximum Gasteiger partial charge on any atom is 0.315 e. The van der Waals surface area contributed by atoms with Crippen LogP contribution in [0.15, 0.2) is 24.3 Å². The molecule has 2 heterocycles. The highest BCUT2D eigenvalue weighted by molar-refractivity contribution is 5.91. The lowest BCUT2D eigenvalue weighted by Crippen LogP contribution is -2.61. The molecule has 7 rings (SSSR count). The molecular weight excluding hydrogens is 440 g/mol. The van der Waals surface area contributed by atoms with Gasteiger partial charge >= 0.3 is 6.03 Å². The van der Waals surface area contributed by atoms with Gasteiger partial charge in [0.1, 0.15) is 5.82 Å². The average Bonchev–Trinajstić information content (AvgIpc) is 3.06. The average molecular weight is 477 g/mol. The van der Waals surface area contributed by atoms with Gasteiger partial charge in [-0.2, -0.15) is 0 Å². The van der Waals surface area contributed by atoms with Crippen molar-refractivity contribution >= 4 is 17.6 Å². The molecule has 3 N–H and O–H groups in total. The lowest BCUT2D eigenvalue weighted by molar-refractivity contribution is -0.116. The van der Waals surface area contributed by atoms with Gasteiger partial charge in [0.15, 0.2) is 5.82 Å². The second kappa shape index (κ2) is 9.28. The summed E-state index contributed by atoms with van der Waals surface area (Å²) in [6.45, 7) is 1.26. The Morgan fingerprint density at radius 2 is 1.77 bits per heavy atom. The van der Waals surface area contributed by atoms with Crippen LogP contribution in [0.3, 0.4) is 0 Å². The molecule has 35 heavy (non-hydrogen) atoms. The van der Waals surface area contributed by atoms with E-state index in [0.717, 1.165) is 85.7 Å². The Balaban J connectivity index is 1.00. The summed E-state index contributed by atoms with van der Waals surface area (Å²) in [6.07, 6.45) is 12.1. The van der Waals surface area contributed by atoms with Gasteiger partial charge in [-0.15, -0.1) is 10.2 Å². The highest BCUT2D eigenvalue weighted by Crippen LogP contribution is 2.55. The molecule has 8 nitrogen and oxygen atoms in total. The topological polar surface area (TPSA) is 101 Å². The van der Waals surface area contributed by atoms with Crippen molar-refractivity contribution in [1.29, 1.82) is 0 Å². The van der Waals surface area contributed by atoms with Crippen molar-refractivity contribution in [1.82, 2.24) is 25.4 Å². The maximum absolute atomic E-state index is 12.6. The third-order valence-corrected chi connectivity index (χ3v) is 8.57. The van der Waals surface area contributed by atoms with E-state index in [2.05, 4.69) is 30.7 Å². The van der Waals surface area contributed by atoms with Crippen LogP contribution in [0.25, 0.3) is 11.4 Å². The molecule has 4 fully saturated rings. The van der Waals surface area contributed by atoms with Crippen LogP contribution in [-0.2, 0) is 17.8 Å². The van der Waals surface area contributed by atoms with Crippen LogP contribution in [0, 0.1) is 17.8 Å². The molecule has 0 spiro atoms. The van der Waals surface area contributed by atoms with E-state index in [4.69, 9.17) is 0 Å². The number of fused-ring (bicyclic) bond motifs is 1. The predicted octanol–water partition coefficient (Wildman–Crippen LogP) is 4.27. The Kier molecular flexibility index (Phi) is 5.98. The fourth-order valence-electron chi connectivity index (χ4n) is 7.50. The normalized spacial score (nSPS) is 28.7. The van der Waals surface area contributed by atoms with E-state index in [1.54, 1.807) is 0 Å². The fraction of sp³-hybridized carbons (Fsp3) is 0.630. The molecule has 4 aliphatic carbocycles. The number of anilines is 1. The van der Waals surface area contributed by atoms with Crippen LogP contribution in [0.2, 0.25) is 0 Å². The number of carbonyl (C=O) groups excluding carboxylic acids is 2. The van der Waals surface area contributed by atoms with Crippen molar-refractivity contribution in [3.05, 3.63) is 30.1 Å². The predicted molar refractivity (Wildman–Crippen MR) is 134 cm³/mol. The Morgan fingerprint density at radius 1 is 1.00 bits per heavy atom. The minimum atomic E-state index is -0.130. The van der Waals surface area contributed by atoms with Gasteiger partial charge in [-0.3, -0.25) is 4.79 Å². The zero-order valence-electron chi connectivity index (χ0n) is 20.4. The van der Waals surface area contributed by atoms with E-state index in [0.29, 0.717) is 6.54 Å². The number of aryl methyl sites for hydroxylation is 1. The fourth-order valence-corrected chi connectivity index (χ4v) is 7.50. The number of aromatic nitrogens is 3. The van der Waals surface area contributed by atoms with Crippen molar-refractivity contribution in [3.63, 3.8) is 0 Å². The molecular formula is C27H36N6O2. The van der Waals surface area contributed by atoms with E-state index < -0.39 is 0 Å². The van der Waals surface area contributed by atoms with Crippen molar-refractivity contribution in [2.24, 2.45) is 17.8 Å². The lowest BCUT2D eigenvalue weighted by Gasteiger charge is -2.56. The van der Waals surface area contributed by atoms with Crippen LogP contribution in [-0.4, -0.2) is 38.8 Å². The Hall–Kier alpha value is -2.90. The van der Waals surface area contributed by atoms with Crippen LogP contribution in [0.4, 0.5) is 10.5 Å². The van der Waals surface area contributed by atoms with Crippen LogP contribution in [0.1, 0.15) is 70.0 Å². The summed E-state index contributed by atoms with van der Waals surface area (Å²) >= 11 is 0. The van der Waals surface area contributed by atoms with Crippen molar-refractivity contribution in [2.75, 3.05) is 11.9 Å². The maximum atomic E-state index is 12.6. The molecule has 0 atom stereocenters. The summed E-state index contributed by atoms with van der Waals surface area (Å²) in [7, 11) is 0. The lowest BCUT2D eigenvalue weighted by atomic mass is 9.53. The van der Waals surface area contributed by atoms with Gasteiger partial charge in [0.25, 0.3) is 0 Å². The molecule has 0 unspecified atom stereocenters. The highest BCUT2D eigenvalue weighted by atomic mass is 16.2. The Morgan fingerprint density at radius 3 is 2.54 bits per heavy atom. The molecule has 186 valence electrons. The molecule has 8 heteroatoms. The van der Waals surface area contributed by atoms with Crippen LogP contribution >= 0.6 is 0 Å². The molecule has 0 radical (unpaired) electrons. The number of hydrogen-bond acceptors (Lipinski definition) is 4. The molecule has 0 saturated heterocycles. The summed E-state index contributed by atoms with van der Waals surface area (Å²) in [4.78, 5) is 25.2. The smallest absolute Gasteiger partial charge is 0.315 e. The van der Waals surface area contributed by atoms with Gasteiger partial charge in [-0.25, -0.2) is 4.79 Å². The van der Waals surface area contributed by atoms with E-state index in [9.17, 15) is 9.59 Å². The molecule has 4 saturated carbocycles. The summed E-state index contributed by atoms with van der Waals surface area (Å²) in [6, 6.07) is 7.64. The molecule has 3 amide bonds. The standard InChI is InChI=1S/C27H36N6O2/c34-24(8-9-28-26(35)30-27-15-18-11-19(16-27)13-20(12-18)17-27)29-22-6-4-5-21(14-22)25-32-31-23-7-2-1-3-10-33(23)25/h4-6,14,18-20H,1-3,7-13,15-17H2,(H,29,34)(H2,28,30,35). The number of benzene rings is 1. The van der Waals surface area contributed by atoms with E-state index in [1.165, 1.54) is 25.7 Å². The zero-order valence-corrected chi connectivity index (χ0v) is 20.4. The number of rotatable bonds is 6. The van der Waals surface area contributed by atoms with Gasteiger partial charge in [-0.1, -0.05) is 18.6 Å². The van der Waals surface area contributed by atoms with Crippen molar-refractivity contribution in [3.8, 4) is 11.4 Å². The number of hydrogen-bond donors (Lipinski definition) is 3. The van der Waals surface area contributed by atoms with Crippen molar-refractivity contribution in [2.45, 2.75) is 82.7 Å². The summed E-state index contributed by atoms with van der Waals surface area (Å²) in [5, 5.41) is 18.0. The van der Waals surface area contributed by atoms with Gasteiger partial charge in [0, 0.05) is 42.7 Å². The first-order valence-electron chi connectivity index (χ1n) is 13.4. The molecule has 1 aliphatic heterocycles. The number of carbonyl (C=O) groups is 2. The summed E-state index contributed by atoms with van der Waals surface area (Å²) in [5.74, 6) is 4.16. The third kappa shape index (κ3) is 4.80. The molecule has 1 aromatic carbocycles. The van der Waals surface area contributed by atoms with Crippen LogP contribution in [0.5, 0.6) is 0 Å². The number of nitrogens with one attached hydrogen (secondary N) is 3. The minimum Gasteiger partial charge on any atom is -0.338 e. The quantitative estimate of drug-likeness (QED) is 0.580. The minimum absolute atomic E-state index is 0.0125. The number of nitrogens with zero attached hydrogens (tertiary/aromatic N) is 3. The summed E-state index contributed by atoms with van der Waals surface area (Å²) in [5.41, 5.74) is 1.68. The first-order valence-corrected chi connectivity index (χ1v) is 13.4. The van der Waals surface area contributed by atoms with E-state index >= 15 is 0 Å². The monoisotopic (exact) mass is 476 g/mol. The zero-order chi connectivity index (χ0) is 23.8. The van der Waals surface area contributed by atoms with Gasteiger partial charge in [-0.05, 0) is 81.3 Å². The second-order valence-corrected chi connectivity index (χ2v) is 11.4. The second-order valence-electron chi connectivity index (χ2n) is 11.4. The molecule has 5 aliphatic rings. The SMILES string of the molecule is O=C(CCNC(=O)NC12CC3CC(CC(C3)C1)C2)Nc1cccc(-c2nnc3n2CCCCC3)c1. The first kappa shape index (κ1) is 22.6. The number of urea groups is 1. The Labute approximate surface area is 206 Å². The third-order valence-electron chi connectivity index (χ3n) is 8.57. The molecule has 4 bridgehead atoms. The number of amides is 3. The largest absolute Gasteiger partial charge is 0.338 e. The van der Waals surface area contributed by atoms with Crippen LogP contribution < -0.4 is 16.0 Å². The molecule has 2 aromatic rings. The Bertz CT molecular complexity index is 1070. The van der Waals surface area contributed by atoms with E-state index in [-0.39, 0.29) is 23.9 Å². The van der Waals surface area contributed by atoms with Gasteiger partial charge in [0.2, 0.25) is 5.91 Å². The highest BCUT2D eigenvalue weighted by Gasteiger charge is 2.51. The van der Waals surface area contributed by atoms with Gasteiger partial charge in [0.05, 0.1) is 0 Å². The van der Waals surface area contributed by atoms with Gasteiger partial charge < -0.3 is 20.5 Å². The molecule has 1 aromatic heterocycles. The summed E-state index contributed by atoms with van der Waals surface area (Å²) < 4.78 is 2.21. The first-order chi connectivity index (χ1) is 17.1. The van der Waals surface area contributed by atoms with E-state index in [1.807, 2.05) is 24.3 Å².